The molecule has 1 aliphatic heterocycles. The molecule has 1 unspecified atom stereocenters. The Balaban J connectivity index is 2.47. The van der Waals surface area contributed by atoms with Gasteiger partial charge in [-0.15, -0.1) is 0 Å². The first-order valence-corrected chi connectivity index (χ1v) is 5.95. The van der Waals surface area contributed by atoms with Crippen LogP contribution in [-0.2, 0) is 9.53 Å². The quantitative estimate of drug-likeness (QED) is 0.726. The lowest BCUT2D eigenvalue weighted by atomic mass is 9.97. The van der Waals surface area contributed by atoms with Crippen molar-refractivity contribution in [1.29, 1.82) is 0 Å². The maximum absolute atomic E-state index is 11.2. The highest BCUT2D eigenvalue weighted by Gasteiger charge is 2.25. The van der Waals surface area contributed by atoms with Gasteiger partial charge in [-0.2, -0.15) is 0 Å². The molecule has 0 spiro atoms. The molecular formula is C10H18N2O2S. The summed E-state index contributed by atoms with van der Waals surface area (Å²) in [6.45, 7) is 6.94. The van der Waals surface area contributed by atoms with Crippen LogP contribution in [0.3, 0.4) is 0 Å². The molecule has 1 N–H and O–H groups in total. The highest BCUT2D eigenvalue weighted by atomic mass is 32.2. The van der Waals surface area contributed by atoms with Gasteiger partial charge in [0.15, 0.2) is 5.17 Å². The van der Waals surface area contributed by atoms with Gasteiger partial charge in [-0.3, -0.25) is 4.99 Å². The van der Waals surface area contributed by atoms with Crippen LogP contribution in [0.1, 0.15) is 20.8 Å². The SMILES string of the molecule is COC(=O)C(C)NC1=NCC(C)(C)CS1. The molecule has 0 saturated heterocycles. The Hall–Kier alpha value is -0.710. The molecule has 5 heteroatoms. The van der Waals surface area contributed by atoms with Crippen LogP contribution in [0.15, 0.2) is 4.99 Å². The molecule has 1 atom stereocenters. The maximum Gasteiger partial charge on any atom is 0.328 e. The number of rotatable bonds is 2. The van der Waals surface area contributed by atoms with Gasteiger partial charge in [0.05, 0.1) is 7.11 Å². The van der Waals surface area contributed by atoms with Gasteiger partial charge in [0.1, 0.15) is 6.04 Å². The fraction of sp³-hybridized carbons (Fsp3) is 0.800. The third-order valence-corrected chi connectivity index (χ3v) is 3.59. The van der Waals surface area contributed by atoms with Crippen LogP contribution in [0.2, 0.25) is 0 Å². The average Bonchev–Trinajstić information content (AvgIpc) is 2.20. The Kier molecular flexibility index (Phi) is 4.02. The third-order valence-electron chi connectivity index (χ3n) is 2.15. The monoisotopic (exact) mass is 230 g/mol. The molecule has 0 aromatic rings. The number of nitrogens with zero attached hydrogens (tertiary/aromatic N) is 1. The number of carbonyl (C=O) groups is 1. The molecule has 86 valence electrons. The second-order valence-electron chi connectivity index (χ2n) is 4.46. The molecule has 0 fully saturated rings. The zero-order chi connectivity index (χ0) is 11.5. The molecular weight excluding hydrogens is 212 g/mol. The number of nitrogens with one attached hydrogen (secondary N) is 1. The summed E-state index contributed by atoms with van der Waals surface area (Å²) in [7, 11) is 1.39. The second-order valence-corrected chi connectivity index (χ2v) is 5.43. The topological polar surface area (TPSA) is 50.7 Å². The van der Waals surface area contributed by atoms with E-state index in [-0.39, 0.29) is 17.4 Å². The van der Waals surface area contributed by atoms with E-state index >= 15 is 0 Å². The van der Waals surface area contributed by atoms with Crippen LogP contribution in [0.5, 0.6) is 0 Å². The molecule has 0 aliphatic carbocycles. The lowest BCUT2D eigenvalue weighted by molar-refractivity contribution is -0.142. The zero-order valence-corrected chi connectivity index (χ0v) is 10.5. The van der Waals surface area contributed by atoms with Gasteiger partial charge in [-0.1, -0.05) is 25.6 Å². The highest BCUT2D eigenvalue weighted by Crippen LogP contribution is 2.27. The molecule has 0 bridgehead atoms. The number of aliphatic imine (C=N–C) groups is 1. The first-order valence-electron chi connectivity index (χ1n) is 4.96. The minimum atomic E-state index is -0.331. The highest BCUT2D eigenvalue weighted by molar-refractivity contribution is 8.13. The minimum Gasteiger partial charge on any atom is -0.467 e. The molecule has 0 aromatic heterocycles. The van der Waals surface area contributed by atoms with E-state index < -0.39 is 0 Å². The number of methoxy groups -OCH3 is 1. The van der Waals surface area contributed by atoms with Gasteiger partial charge >= 0.3 is 5.97 Å². The predicted octanol–water partition coefficient (Wildman–Crippen LogP) is 1.27. The van der Waals surface area contributed by atoms with Crippen molar-refractivity contribution >= 4 is 22.9 Å². The van der Waals surface area contributed by atoms with Crippen molar-refractivity contribution < 1.29 is 9.53 Å². The molecule has 1 heterocycles. The fourth-order valence-corrected chi connectivity index (χ4v) is 2.18. The summed E-state index contributed by atoms with van der Waals surface area (Å²) in [5, 5.41) is 3.89. The van der Waals surface area contributed by atoms with E-state index in [4.69, 9.17) is 0 Å². The molecule has 0 aromatic carbocycles. The van der Waals surface area contributed by atoms with E-state index in [0.717, 1.165) is 17.5 Å². The molecule has 0 saturated carbocycles. The van der Waals surface area contributed by atoms with Crippen LogP contribution in [-0.4, -0.2) is 36.6 Å². The Morgan fingerprint density at radius 1 is 1.67 bits per heavy atom. The normalized spacial score (nSPS) is 21.5. The number of esters is 1. The van der Waals surface area contributed by atoms with Gasteiger partial charge in [0, 0.05) is 12.3 Å². The van der Waals surface area contributed by atoms with Gasteiger partial charge < -0.3 is 10.1 Å². The lowest BCUT2D eigenvalue weighted by Crippen LogP contribution is -2.40. The molecule has 1 rings (SSSR count). The second kappa shape index (κ2) is 4.88. The number of amidine groups is 1. The van der Waals surface area contributed by atoms with Crippen molar-refractivity contribution in [3.63, 3.8) is 0 Å². The van der Waals surface area contributed by atoms with Crippen LogP contribution in [0.4, 0.5) is 0 Å². The summed E-state index contributed by atoms with van der Waals surface area (Å²) in [4.78, 5) is 15.6. The summed E-state index contributed by atoms with van der Waals surface area (Å²) < 4.78 is 4.63. The minimum absolute atomic E-state index is 0.254. The fourth-order valence-electron chi connectivity index (χ4n) is 1.15. The third kappa shape index (κ3) is 3.74. The first-order chi connectivity index (χ1) is 6.94. The number of ether oxygens (including phenoxy) is 1. The Morgan fingerprint density at radius 2 is 2.33 bits per heavy atom. The standard InChI is InChI=1S/C10H18N2O2S/c1-7(8(13)14-4)12-9-11-5-10(2,3)6-15-9/h7H,5-6H2,1-4H3,(H,11,12). The Labute approximate surface area is 94.9 Å². The van der Waals surface area contributed by atoms with Crippen molar-refractivity contribution in [1.82, 2.24) is 5.32 Å². The molecule has 1 aliphatic rings. The van der Waals surface area contributed by atoms with Gasteiger partial charge in [0.25, 0.3) is 0 Å². The Bertz CT molecular complexity index is 277. The summed E-state index contributed by atoms with van der Waals surface area (Å²) >= 11 is 1.66. The summed E-state index contributed by atoms with van der Waals surface area (Å²) in [5.74, 6) is 0.760. The average molecular weight is 230 g/mol. The zero-order valence-electron chi connectivity index (χ0n) is 9.66. The van der Waals surface area contributed by atoms with Crippen LogP contribution >= 0.6 is 11.8 Å². The number of carbonyl (C=O) groups excluding carboxylic acids is 1. The molecule has 0 amide bonds. The molecule has 4 nitrogen and oxygen atoms in total. The Morgan fingerprint density at radius 3 is 2.80 bits per heavy atom. The van der Waals surface area contributed by atoms with Crippen LogP contribution < -0.4 is 5.32 Å². The van der Waals surface area contributed by atoms with Crippen molar-refractivity contribution in [3.8, 4) is 0 Å². The van der Waals surface area contributed by atoms with Crippen molar-refractivity contribution in [3.05, 3.63) is 0 Å². The number of thioether (sulfide) groups is 1. The van der Waals surface area contributed by atoms with E-state index in [1.165, 1.54) is 7.11 Å². The largest absolute Gasteiger partial charge is 0.467 e. The smallest absolute Gasteiger partial charge is 0.328 e. The lowest BCUT2D eigenvalue weighted by Gasteiger charge is -2.28. The van der Waals surface area contributed by atoms with E-state index in [1.54, 1.807) is 18.7 Å². The predicted molar refractivity (Wildman–Crippen MR) is 63.2 cm³/mol. The summed E-state index contributed by atoms with van der Waals surface area (Å²) in [6, 6.07) is -0.331. The van der Waals surface area contributed by atoms with Gasteiger partial charge in [-0.25, -0.2) is 4.79 Å². The van der Waals surface area contributed by atoms with E-state index in [1.807, 2.05) is 0 Å². The molecule has 15 heavy (non-hydrogen) atoms. The molecule has 0 radical (unpaired) electrons. The van der Waals surface area contributed by atoms with Crippen molar-refractivity contribution in [2.24, 2.45) is 10.4 Å². The first kappa shape index (κ1) is 12.4. The van der Waals surface area contributed by atoms with E-state index in [0.29, 0.717) is 0 Å². The van der Waals surface area contributed by atoms with Crippen LogP contribution in [0, 0.1) is 5.41 Å². The summed E-state index contributed by atoms with van der Waals surface area (Å²) in [6.07, 6.45) is 0. The van der Waals surface area contributed by atoms with E-state index in [2.05, 4.69) is 28.9 Å². The van der Waals surface area contributed by atoms with Crippen molar-refractivity contribution in [2.45, 2.75) is 26.8 Å². The van der Waals surface area contributed by atoms with Gasteiger partial charge in [-0.05, 0) is 12.3 Å². The van der Waals surface area contributed by atoms with Crippen molar-refractivity contribution in [2.75, 3.05) is 19.4 Å². The summed E-state index contributed by atoms with van der Waals surface area (Å²) in [5.41, 5.74) is 0.254. The van der Waals surface area contributed by atoms with Crippen LogP contribution in [0.25, 0.3) is 0 Å². The number of hydrogen-bond donors (Lipinski definition) is 1. The number of hydrogen-bond acceptors (Lipinski definition) is 5. The van der Waals surface area contributed by atoms with Gasteiger partial charge in [0.2, 0.25) is 0 Å². The maximum atomic E-state index is 11.2. The van der Waals surface area contributed by atoms with E-state index in [9.17, 15) is 4.79 Å².